The normalized spacial score (nSPS) is 10.9. The second-order valence-electron chi connectivity index (χ2n) is 3.21. The van der Waals surface area contributed by atoms with Gasteiger partial charge in [0.15, 0.2) is 0 Å². The maximum atomic E-state index is 11.4. The second kappa shape index (κ2) is 3.43. The monoisotopic (exact) mass is 243 g/mol. The van der Waals surface area contributed by atoms with Crippen LogP contribution in [0.15, 0.2) is 23.0 Å². The smallest absolute Gasteiger partial charge is 0.254 e. The Hall–Kier alpha value is -1.19. The fourth-order valence-electron chi connectivity index (χ4n) is 1.43. The van der Waals surface area contributed by atoms with Gasteiger partial charge in [-0.2, -0.15) is 0 Å². The molecule has 1 aromatic heterocycles. The molecule has 2 aromatic rings. The van der Waals surface area contributed by atoms with E-state index in [0.29, 0.717) is 20.9 Å². The molecule has 0 aliphatic heterocycles. The molecule has 1 heterocycles. The van der Waals surface area contributed by atoms with E-state index in [2.05, 4.69) is 0 Å². The first-order valence-corrected chi connectivity index (χ1v) is 4.94. The molecule has 0 aliphatic carbocycles. The van der Waals surface area contributed by atoms with Gasteiger partial charge in [0.2, 0.25) is 0 Å². The van der Waals surface area contributed by atoms with E-state index in [1.807, 2.05) is 0 Å². The SMILES string of the molecule is Cn1c(=O)cc(O)c2cc(Cl)c(Cl)cc21. The van der Waals surface area contributed by atoms with Gasteiger partial charge in [-0.25, -0.2) is 0 Å². The van der Waals surface area contributed by atoms with Crippen LogP contribution in [0.3, 0.4) is 0 Å². The predicted octanol–water partition coefficient (Wildman–Crippen LogP) is 2.55. The number of rotatable bonds is 0. The van der Waals surface area contributed by atoms with Crippen molar-refractivity contribution in [2.45, 2.75) is 0 Å². The molecule has 0 atom stereocenters. The highest BCUT2D eigenvalue weighted by Gasteiger charge is 2.08. The van der Waals surface area contributed by atoms with Crippen molar-refractivity contribution in [3.8, 4) is 5.75 Å². The molecule has 0 radical (unpaired) electrons. The van der Waals surface area contributed by atoms with Crippen molar-refractivity contribution < 1.29 is 5.11 Å². The fraction of sp³-hybridized carbons (Fsp3) is 0.100. The molecule has 0 amide bonds. The summed E-state index contributed by atoms with van der Waals surface area (Å²) in [6, 6.07) is 4.24. The maximum Gasteiger partial charge on any atom is 0.254 e. The zero-order chi connectivity index (χ0) is 11.2. The number of hydrogen-bond acceptors (Lipinski definition) is 2. The molecule has 2 rings (SSSR count). The molecule has 0 aliphatic rings. The number of fused-ring (bicyclic) bond motifs is 1. The summed E-state index contributed by atoms with van der Waals surface area (Å²) in [5.41, 5.74) is 0.257. The summed E-state index contributed by atoms with van der Waals surface area (Å²) in [6.07, 6.45) is 0. The molecule has 3 nitrogen and oxygen atoms in total. The number of nitrogens with zero attached hydrogens (tertiary/aromatic N) is 1. The molecule has 0 saturated heterocycles. The van der Waals surface area contributed by atoms with Gasteiger partial charge >= 0.3 is 0 Å². The highest BCUT2D eigenvalue weighted by Crippen LogP contribution is 2.30. The largest absolute Gasteiger partial charge is 0.507 e. The minimum atomic E-state index is -0.293. The lowest BCUT2D eigenvalue weighted by Crippen LogP contribution is -2.15. The summed E-state index contributed by atoms with van der Waals surface area (Å²) >= 11 is 11.7. The van der Waals surface area contributed by atoms with Crippen LogP contribution in [0.5, 0.6) is 5.75 Å². The summed E-state index contributed by atoms with van der Waals surface area (Å²) in [4.78, 5) is 11.4. The lowest BCUT2D eigenvalue weighted by Gasteiger charge is -2.07. The van der Waals surface area contributed by atoms with Gasteiger partial charge in [0.25, 0.3) is 5.56 Å². The van der Waals surface area contributed by atoms with Gasteiger partial charge < -0.3 is 9.67 Å². The Morgan fingerprint density at radius 3 is 2.47 bits per heavy atom. The molecule has 0 spiro atoms. The van der Waals surface area contributed by atoms with E-state index in [9.17, 15) is 9.90 Å². The molecule has 0 saturated carbocycles. The average Bonchev–Trinajstić information content (AvgIpc) is 2.18. The van der Waals surface area contributed by atoms with E-state index in [0.717, 1.165) is 6.07 Å². The van der Waals surface area contributed by atoms with Crippen molar-refractivity contribution in [3.05, 3.63) is 38.6 Å². The van der Waals surface area contributed by atoms with Crippen molar-refractivity contribution in [3.63, 3.8) is 0 Å². The van der Waals surface area contributed by atoms with Crippen LogP contribution in [0.4, 0.5) is 0 Å². The van der Waals surface area contributed by atoms with Gasteiger partial charge in [-0.3, -0.25) is 4.79 Å². The number of aromatic hydroxyl groups is 1. The van der Waals surface area contributed by atoms with Crippen LogP contribution < -0.4 is 5.56 Å². The van der Waals surface area contributed by atoms with Crippen LogP contribution in [-0.4, -0.2) is 9.67 Å². The van der Waals surface area contributed by atoms with E-state index >= 15 is 0 Å². The molecule has 0 fully saturated rings. The van der Waals surface area contributed by atoms with Gasteiger partial charge in [-0.05, 0) is 12.1 Å². The second-order valence-corrected chi connectivity index (χ2v) is 4.02. The van der Waals surface area contributed by atoms with E-state index < -0.39 is 0 Å². The number of benzene rings is 1. The Morgan fingerprint density at radius 1 is 1.20 bits per heavy atom. The zero-order valence-electron chi connectivity index (χ0n) is 7.79. The highest BCUT2D eigenvalue weighted by atomic mass is 35.5. The number of pyridine rings is 1. The summed E-state index contributed by atoms with van der Waals surface area (Å²) in [6.45, 7) is 0. The van der Waals surface area contributed by atoms with Crippen LogP contribution in [0, 0.1) is 0 Å². The number of halogens is 2. The Kier molecular flexibility index (Phi) is 2.37. The molecular weight excluding hydrogens is 237 g/mol. The topological polar surface area (TPSA) is 42.2 Å². The number of aromatic nitrogens is 1. The van der Waals surface area contributed by atoms with Crippen molar-refractivity contribution in [2.24, 2.45) is 7.05 Å². The van der Waals surface area contributed by atoms with Gasteiger partial charge in [-0.15, -0.1) is 0 Å². The van der Waals surface area contributed by atoms with Gasteiger partial charge in [0.1, 0.15) is 5.75 Å². The first-order chi connectivity index (χ1) is 7.00. The first kappa shape index (κ1) is 10.3. The van der Waals surface area contributed by atoms with Crippen molar-refractivity contribution in [2.75, 3.05) is 0 Å². The van der Waals surface area contributed by atoms with Crippen LogP contribution in [0.25, 0.3) is 10.9 Å². The third-order valence-electron chi connectivity index (χ3n) is 2.27. The maximum absolute atomic E-state index is 11.4. The minimum Gasteiger partial charge on any atom is -0.507 e. The van der Waals surface area contributed by atoms with Crippen molar-refractivity contribution >= 4 is 34.1 Å². The standard InChI is InChI=1S/C10H7Cl2NO2/c1-13-8-3-7(12)6(11)2-5(8)9(14)4-10(13)15/h2-4,14H,1H3. The molecular formula is C10H7Cl2NO2. The van der Waals surface area contributed by atoms with E-state index in [4.69, 9.17) is 23.2 Å². The highest BCUT2D eigenvalue weighted by molar-refractivity contribution is 6.42. The quantitative estimate of drug-likeness (QED) is 0.773. The number of hydrogen-bond donors (Lipinski definition) is 1. The predicted molar refractivity (Wildman–Crippen MR) is 60.9 cm³/mol. The summed E-state index contributed by atoms with van der Waals surface area (Å²) in [5.74, 6) is -0.0910. The summed E-state index contributed by atoms with van der Waals surface area (Å²) < 4.78 is 1.40. The van der Waals surface area contributed by atoms with E-state index in [-0.39, 0.29) is 11.3 Å². The number of aryl methyl sites for hydroxylation is 1. The van der Waals surface area contributed by atoms with Crippen LogP contribution in [0.2, 0.25) is 10.0 Å². The van der Waals surface area contributed by atoms with Crippen LogP contribution in [-0.2, 0) is 7.05 Å². The molecule has 78 valence electrons. The van der Waals surface area contributed by atoms with Crippen molar-refractivity contribution in [1.29, 1.82) is 0 Å². The van der Waals surface area contributed by atoms with Crippen LogP contribution >= 0.6 is 23.2 Å². The average molecular weight is 244 g/mol. The Balaban J connectivity index is 3.04. The third kappa shape index (κ3) is 1.58. The van der Waals surface area contributed by atoms with Crippen LogP contribution in [0.1, 0.15) is 0 Å². The molecule has 0 bridgehead atoms. The molecule has 5 heteroatoms. The Bertz CT molecular complexity index is 604. The lowest BCUT2D eigenvalue weighted by molar-refractivity contribution is 0.479. The molecule has 1 aromatic carbocycles. The minimum absolute atomic E-state index is 0.0910. The summed E-state index contributed by atoms with van der Waals surface area (Å²) in [7, 11) is 1.61. The molecule has 15 heavy (non-hydrogen) atoms. The molecule has 1 N–H and O–H groups in total. The fourth-order valence-corrected chi connectivity index (χ4v) is 1.75. The van der Waals surface area contributed by atoms with Gasteiger partial charge in [-0.1, -0.05) is 23.2 Å². The Labute approximate surface area is 95.5 Å². The zero-order valence-corrected chi connectivity index (χ0v) is 9.30. The van der Waals surface area contributed by atoms with E-state index in [1.54, 1.807) is 13.1 Å². The molecule has 0 unspecified atom stereocenters. The van der Waals surface area contributed by atoms with E-state index in [1.165, 1.54) is 10.6 Å². The van der Waals surface area contributed by atoms with Crippen molar-refractivity contribution in [1.82, 2.24) is 4.57 Å². The van der Waals surface area contributed by atoms with Gasteiger partial charge in [0.05, 0.1) is 15.6 Å². The summed E-state index contributed by atoms with van der Waals surface area (Å²) in [5, 5.41) is 10.8. The Morgan fingerprint density at radius 2 is 1.80 bits per heavy atom. The van der Waals surface area contributed by atoms with Gasteiger partial charge in [0, 0.05) is 18.5 Å². The first-order valence-electron chi connectivity index (χ1n) is 4.18. The lowest BCUT2D eigenvalue weighted by atomic mass is 10.2. The third-order valence-corrected chi connectivity index (χ3v) is 2.99.